The van der Waals surface area contributed by atoms with Crippen molar-refractivity contribution in [1.82, 2.24) is 15.4 Å². The van der Waals surface area contributed by atoms with Crippen molar-refractivity contribution in [3.8, 4) is 0 Å². The molecule has 18 heavy (non-hydrogen) atoms. The maximum atomic E-state index is 5.37. The normalized spacial score (nSPS) is 15.3. The van der Waals surface area contributed by atoms with Gasteiger partial charge in [-0.1, -0.05) is 24.2 Å². The molecule has 0 aliphatic heterocycles. The van der Waals surface area contributed by atoms with Gasteiger partial charge < -0.3 is 9.84 Å². The van der Waals surface area contributed by atoms with Gasteiger partial charge in [-0.05, 0) is 26.3 Å². The van der Waals surface area contributed by atoms with Gasteiger partial charge in [0.15, 0.2) is 5.76 Å². The SMILES string of the molecule is C=C(C)CN(CC)Cc1cc(CNC2CC2)no1. The van der Waals surface area contributed by atoms with E-state index in [9.17, 15) is 0 Å². The van der Waals surface area contributed by atoms with Crippen LogP contribution in [0.25, 0.3) is 0 Å². The smallest absolute Gasteiger partial charge is 0.151 e. The van der Waals surface area contributed by atoms with Crippen molar-refractivity contribution in [2.45, 2.75) is 45.8 Å². The van der Waals surface area contributed by atoms with Crippen LogP contribution in [0.1, 0.15) is 38.1 Å². The minimum absolute atomic E-state index is 0.709. The van der Waals surface area contributed by atoms with Crippen LogP contribution >= 0.6 is 0 Å². The van der Waals surface area contributed by atoms with Gasteiger partial charge >= 0.3 is 0 Å². The van der Waals surface area contributed by atoms with E-state index in [0.717, 1.165) is 37.6 Å². The molecule has 0 amide bonds. The molecule has 1 saturated carbocycles. The quantitative estimate of drug-likeness (QED) is 0.718. The highest BCUT2D eigenvalue weighted by Crippen LogP contribution is 2.19. The molecule has 0 radical (unpaired) electrons. The average molecular weight is 249 g/mol. The summed E-state index contributed by atoms with van der Waals surface area (Å²) in [7, 11) is 0. The summed E-state index contributed by atoms with van der Waals surface area (Å²) in [5.74, 6) is 0.936. The Balaban J connectivity index is 1.81. The lowest BCUT2D eigenvalue weighted by molar-refractivity contribution is 0.256. The topological polar surface area (TPSA) is 41.3 Å². The molecule has 1 aliphatic carbocycles. The van der Waals surface area contributed by atoms with Crippen molar-refractivity contribution in [2.24, 2.45) is 0 Å². The first kappa shape index (κ1) is 13.3. The molecule has 0 aromatic carbocycles. The number of aromatic nitrogens is 1. The highest BCUT2D eigenvalue weighted by molar-refractivity contribution is 5.06. The maximum absolute atomic E-state index is 5.37. The summed E-state index contributed by atoms with van der Waals surface area (Å²) in [5.41, 5.74) is 2.18. The van der Waals surface area contributed by atoms with E-state index in [1.807, 2.05) is 6.92 Å². The molecule has 0 saturated heterocycles. The Kier molecular flexibility index (Phi) is 4.55. The lowest BCUT2D eigenvalue weighted by Crippen LogP contribution is -2.24. The molecule has 0 bridgehead atoms. The van der Waals surface area contributed by atoms with E-state index < -0.39 is 0 Å². The van der Waals surface area contributed by atoms with Crippen LogP contribution in [0.2, 0.25) is 0 Å². The molecule has 2 rings (SSSR count). The number of nitrogens with zero attached hydrogens (tertiary/aromatic N) is 2. The molecular weight excluding hydrogens is 226 g/mol. The van der Waals surface area contributed by atoms with E-state index in [0.29, 0.717) is 6.04 Å². The predicted molar refractivity (Wildman–Crippen MR) is 72.1 cm³/mol. The molecule has 1 heterocycles. The summed E-state index contributed by atoms with van der Waals surface area (Å²) >= 11 is 0. The van der Waals surface area contributed by atoms with E-state index in [1.54, 1.807) is 0 Å². The fourth-order valence-electron chi connectivity index (χ4n) is 1.93. The Morgan fingerprint density at radius 2 is 2.39 bits per heavy atom. The van der Waals surface area contributed by atoms with Crippen molar-refractivity contribution in [2.75, 3.05) is 13.1 Å². The van der Waals surface area contributed by atoms with Crippen LogP contribution in [-0.2, 0) is 13.1 Å². The fraction of sp³-hybridized carbons (Fsp3) is 0.643. The van der Waals surface area contributed by atoms with Crippen LogP contribution in [0.4, 0.5) is 0 Å². The number of hydrogen-bond donors (Lipinski definition) is 1. The zero-order valence-corrected chi connectivity index (χ0v) is 11.4. The highest BCUT2D eigenvalue weighted by Gasteiger charge is 2.20. The van der Waals surface area contributed by atoms with Crippen LogP contribution in [0.15, 0.2) is 22.7 Å². The largest absolute Gasteiger partial charge is 0.360 e. The predicted octanol–water partition coefficient (Wildman–Crippen LogP) is 2.32. The molecule has 1 fully saturated rings. The summed E-state index contributed by atoms with van der Waals surface area (Å²) in [5, 5.41) is 7.53. The lowest BCUT2D eigenvalue weighted by Gasteiger charge is -2.18. The number of likely N-dealkylation sites (N-methyl/N-ethyl adjacent to an activating group) is 1. The standard InChI is InChI=1S/C14H23N3O/c1-4-17(9-11(2)3)10-14-7-13(16-18-14)8-15-12-5-6-12/h7,12,15H,2,4-6,8-10H2,1,3H3. The monoisotopic (exact) mass is 249 g/mol. The van der Waals surface area contributed by atoms with Crippen molar-refractivity contribution in [3.05, 3.63) is 29.7 Å². The van der Waals surface area contributed by atoms with Gasteiger partial charge in [-0.15, -0.1) is 0 Å². The van der Waals surface area contributed by atoms with Crippen molar-refractivity contribution in [3.63, 3.8) is 0 Å². The first-order chi connectivity index (χ1) is 8.67. The Morgan fingerprint density at radius 1 is 1.61 bits per heavy atom. The minimum atomic E-state index is 0.709. The van der Waals surface area contributed by atoms with Gasteiger partial charge in [-0.25, -0.2) is 0 Å². The van der Waals surface area contributed by atoms with Crippen LogP contribution in [0.3, 0.4) is 0 Å². The van der Waals surface area contributed by atoms with E-state index in [4.69, 9.17) is 4.52 Å². The zero-order valence-electron chi connectivity index (χ0n) is 11.4. The zero-order chi connectivity index (χ0) is 13.0. The Labute approximate surface area is 109 Å². The first-order valence-electron chi connectivity index (χ1n) is 6.72. The summed E-state index contributed by atoms with van der Waals surface area (Å²) < 4.78 is 5.37. The van der Waals surface area contributed by atoms with Gasteiger partial charge in [0.1, 0.15) is 0 Å². The molecule has 4 heteroatoms. The third kappa shape index (κ3) is 4.27. The van der Waals surface area contributed by atoms with E-state index in [-0.39, 0.29) is 0 Å². The second-order valence-corrected chi connectivity index (χ2v) is 5.20. The van der Waals surface area contributed by atoms with E-state index >= 15 is 0 Å². The molecule has 1 aromatic rings. The molecule has 0 atom stereocenters. The van der Waals surface area contributed by atoms with Gasteiger partial charge in [0.05, 0.1) is 12.2 Å². The van der Waals surface area contributed by atoms with Crippen molar-refractivity contribution < 1.29 is 4.52 Å². The lowest BCUT2D eigenvalue weighted by atomic mass is 10.3. The third-order valence-corrected chi connectivity index (χ3v) is 3.08. The minimum Gasteiger partial charge on any atom is -0.360 e. The van der Waals surface area contributed by atoms with Crippen LogP contribution in [0.5, 0.6) is 0 Å². The number of hydrogen-bond acceptors (Lipinski definition) is 4. The summed E-state index contributed by atoms with van der Waals surface area (Å²) in [6.45, 7) is 11.7. The highest BCUT2D eigenvalue weighted by atomic mass is 16.5. The summed E-state index contributed by atoms with van der Waals surface area (Å²) in [4.78, 5) is 2.29. The molecule has 1 N–H and O–H groups in total. The van der Waals surface area contributed by atoms with E-state index in [1.165, 1.54) is 18.4 Å². The Bertz CT molecular complexity index is 395. The number of rotatable bonds is 8. The van der Waals surface area contributed by atoms with Gasteiger partial charge in [0, 0.05) is 25.2 Å². The Morgan fingerprint density at radius 3 is 3.00 bits per heavy atom. The van der Waals surface area contributed by atoms with Crippen LogP contribution < -0.4 is 5.32 Å². The van der Waals surface area contributed by atoms with Crippen LogP contribution in [-0.4, -0.2) is 29.2 Å². The van der Waals surface area contributed by atoms with E-state index in [2.05, 4.69) is 34.9 Å². The molecule has 4 nitrogen and oxygen atoms in total. The molecule has 100 valence electrons. The van der Waals surface area contributed by atoms with Crippen LogP contribution in [0, 0.1) is 0 Å². The van der Waals surface area contributed by atoms with Gasteiger partial charge in [-0.2, -0.15) is 0 Å². The van der Waals surface area contributed by atoms with Gasteiger partial charge in [-0.3, -0.25) is 4.90 Å². The first-order valence-corrected chi connectivity index (χ1v) is 6.72. The van der Waals surface area contributed by atoms with Gasteiger partial charge in [0.25, 0.3) is 0 Å². The molecular formula is C14H23N3O. The third-order valence-electron chi connectivity index (χ3n) is 3.08. The second-order valence-electron chi connectivity index (χ2n) is 5.20. The maximum Gasteiger partial charge on any atom is 0.151 e. The second kappa shape index (κ2) is 6.16. The summed E-state index contributed by atoms with van der Waals surface area (Å²) in [6.07, 6.45) is 2.60. The molecule has 0 spiro atoms. The number of nitrogens with one attached hydrogen (secondary N) is 1. The molecule has 0 unspecified atom stereocenters. The average Bonchev–Trinajstić information content (AvgIpc) is 3.06. The molecule has 1 aromatic heterocycles. The molecule has 1 aliphatic rings. The fourth-order valence-corrected chi connectivity index (χ4v) is 1.93. The van der Waals surface area contributed by atoms with Crippen molar-refractivity contribution >= 4 is 0 Å². The van der Waals surface area contributed by atoms with Gasteiger partial charge in [0.2, 0.25) is 0 Å². The Hall–Kier alpha value is -1.13. The van der Waals surface area contributed by atoms with Crippen molar-refractivity contribution in [1.29, 1.82) is 0 Å². The summed E-state index contributed by atoms with van der Waals surface area (Å²) in [6, 6.07) is 2.76.